The van der Waals surface area contributed by atoms with Crippen LogP contribution in [-0.2, 0) is 4.79 Å². The molecule has 1 fully saturated rings. The summed E-state index contributed by atoms with van der Waals surface area (Å²) in [6.07, 6.45) is 7.03. The van der Waals surface area contributed by atoms with Crippen LogP contribution in [0.25, 0.3) is 0 Å². The monoisotopic (exact) mass is 292 g/mol. The van der Waals surface area contributed by atoms with E-state index < -0.39 is 0 Å². The first-order valence-electron chi connectivity index (χ1n) is 7.40. The summed E-state index contributed by atoms with van der Waals surface area (Å²) >= 11 is 1.66. The van der Waals surface area contributed by atoms with Crippen LogP contribution in [0.3, 0.4) is 0 Å². The fourth-order valence-electron chi connectivity index (χ4n) is 2.63. The molecule has 0 unspecified atom stereocenters. The van der Waals surface area contributed by atoms with Crippen molar-refractivity contribution in [2.24, 2.45) is 0 Å². The molecular formula is C16H24N2OS. The molecule has 1 amide bonds. The van der Waals surface area contributed by atoms with Crippen LogP contribution in [-0.4, -0.2) is 36.2 Å². The summed E-state index contributed by atoms with van der Waals surface area (Å²) < 4.78 is 0. The van der Waals surface area contributed by atoms with Gasteiger partial charge in [0.1, 0.15) is 0 Å². The Kier molecular flexibility index (Phi) is 5.92. The average molecular weight is 292 g/mol. The van der Waals surface area contributed by atoms with Gasteiger partial charge >= 0.3 is 0 Å². The molecule has 1 saturated heterocycles. The summed E-state index contributed by atoms with van der Waals surface area (Å²) in [5.74, 6) is 0.105. The van der Waals surface area contributed by atoms with Gasteiger partial charge in [-0.05, 0) is 51.2 Å². The molecule has 110 valence electrons. The number of hydrogen-bond donors (Lipinski definition) is 1. The molecule has 2 rings (SSSR count). The second-order valence-electron chi connectivity index (χ2n) is 5.32. The number of rotatable bonds is 4. The van der Waals surface area contributed by atoms with E-state index in [0.29, 0.717) is 0 Å². The Hall–Kier alpha value is -1.00. The van der Waals surface area contributed by atoms with Crippen molar-refractivity contribution in [1.29, 1.82) is 0 Å². The summed E-state index contributed by atoms with van der Waals surface area (Å²) in [6.45, 7) is 4.10. The van der Waals surface area contributed by atoms with Gasteiger partial charge < -0.3 is 5.32 Å². The lowest BCUT2D eigenvalue weighted by molar-refractivity contribution is -0.120. The van der Waals surface area contributed by atoms with Crippen molar-refractivity contribution in [3.63, 3.8) is 0 Å². The molecule has 1 aliphatic rings. The lowest BCUT2D eigenvalue weighted by atomic mass is 10.2. The summed E-state index contributed by atoms with van der Waals surface area (Å²) in [5.41, 5.74) is 0.923. The quantitative estimate of drug-likeness (QED) is 0.860. The first-order valence-corrected chi connectivity index (χ1v) is 8.63. The molecule has 0 aliphatic carbocycles. The largest absolute Gasteiger partial charge is 0.324 e. The summed E-state index contributed by atoms with van der Waals surface area (Å²) in [7, 11) is 0. The maximum atomic E-state index is 12.4. The fourth-order valence-corrected chi connectivity index (χ4v) is 3.19. The van der Waals surface area contributed by atoms with Crippen LogP contribution in [0.5, 0.6) is 0 Å². The molecule has 1 heterocycles. The molecule has 0 radical (unpaired) electrons. The Morgan fingerprint density at radius 2 is 1.85 bits per heavy atom. The van der Waals surface area contributed by atoms with E-state index >= 15 is 0 Å². The number of thioether (sulfide) groups is 1. The van der Waals surface area contributed by atoms with Crippen molar-refractivity contribution in [2.75, 3.05) is 24.7 Å². The van der Waals surface area contributed by atoms with Gasteiger partial charge in [0.25, 0.3) is 0 Å². The van der Waals surface area contributed by atoms with Crippen molar-refractivity contribution in [2.45, 2.75) is 43.5 Å². The van der Waals surface area contributed by atoms with Crippen LogP contribution in [0.2, 0.25) is 0 Å². The fraction of sp³-hybridized carbons (Fsp3) is 0.562. The van der Waals surface area contributed by atoms with Gasteiger partial charge in [-0.2, -0.15) is 0 Å². The minimum Gasteiger partial charge on any atom is -0.324 e. The summed E-state index contributed by atoms with van der Waals surface area (Å²) in [5, 5.41) is 3.08. The number of likely N-dealkylation sites (tertiary alicyclic amines) is 1. The second kappa shape index (κ2) is 7.70. The first-order chi connectivity index (χ1) is 9.72. The van der Waals surface area contributed by atoms with Crippen LogP contribution in [0.15, 0.2) is 29.2 Å². The van der Waals surface area contributed by atoms with Gasteiger partial charge in [0, 0.05) is 4.90 Å². The molecule has 1 aromatic carbocycles. The number of hydrogen-bond acceptors (Lipinski definition) is 3. The molecular weight excluding hydrogens is 268 g/mol. The van der Waals surface area contributed by atoms with E-state index in [1.165, 1.54) is 25.7 Å². The molecule has 0 saturated carbocycles. The molecule has 1 N–H and O–H groups in total. The third kappa shape index (κ3) is 4.00. The van der Waals surface area contributed by atoms with Gasteiger partial charge in [0.15, 0.2) is 0 Å². The molecule has 3 nitrogen and oxygen atoms in total. The number of benzene rings is 1. The molecule has 0 bridgehead atoms. The molecule has 1 aliphatic heterocycles. The van der Waals surface area contributed by atoms with Crippen molar-refractivity contribution in [3.8, 4) is 0 Å². The predicted octanol–water partition coefficient (Wildman–Crippen LogP) is 3.61. The predicted molar refractivity (Wildman–Crippen MR) is 86.4 cm³/mol. The van der Waals surface area contributed by atoms with E-state index in [1.807, 2.05) is 37.4 Å². The minimum absolute atomic E-state index is 0.0528. The highest BCUT2D eigenvalue weighted by Gasteiger charge is 2.22. The Labute approximate surface area is 126 Å². The SMILES string of the molecule is CSc1ccccc1NC(=O)[C@@H](C)N1CCCCCC1. The average Bonchev–Trinajstić information content (AvgIpc) is 2.76. The van der Waals surface area contributed by atoms with Gasteiger partial charge in [0.2, 0.25) is 5.91 Å². The number of nitrogens with one attached hydrogen (secondary N) is 1. The van der Waals surface area contributed by atoms with Gasteiger partial charge in [-0.15, -0.1) is 11.8 Å². The highest BCUT2D eigenvalue weighted by molar-refractivity contribution is 7.98. The topological polar surface area (TPSA) is 32.3 Å². The van der Waals surface area contributed by atoms with E-state index in [-0.39, 0.29) is 11.9 Å². The van der Waals surface area contributed by atoms with Gasteiger partial charge in [0.05, 0.1) is 11.7 Å². The summed E-state index contributed by atoms with van der Waals surface area (Å²) in [6, 6.07) is 7.92. The van der Waals surface area contributed by atoms with Gasteiger partial charge in [-0.1, -0.05) is 25.0 Å². The third-order valence-corrected chi connectivity index (χ3v) is 4.73. The van der Waals surface area contributed by atoms with Crippen LogP contribution < -0.4 is 5.32 Å². The number of anilines is 1. The zero-order chi connectivity index (χ0) is 14.4. The Morgan fingerprint density at radius 1 is 1.20 bits per heavy atom. The Morgan fingerprint density at radius 3 is 2.50 bits per heavy atom. The van der Waals surface area contributed by atoms with Crippen LogP contribution >= 0.6 is 11.8 Å². The molecule has 4 heteroatoms. The second-order valence-corrected chi connectivity index (χ2v) is 6.16. The van der Waals surface area contributed by atoms with Crippen molar-refractivity contribution in [1.82, 2.24) is 4.90 Å². The van der Waals surface area contributed by atoms with E-state index in [9.17, 15) is 4.79 Å². The molecule has 0 aromatic heterocycles. The number of carbonyl (C=O) groups is 1. The van der Waals surface area contributed by atoms with Crippen molar-refractivity contribution >= 4 is 23.4 Å². The van der Waals surface area contributed by atoms with Gasteiger partial charge in [-0.3, -0.25) is 9.69 Å². The number of carbonyl (C=O) groups excluding carboxylic acids is 1. The van der Waals surface area contributed by atoms with E-state index in [4.69, 9.17) is 0 Å². The van der Waals surface area contributed by atoms with Crippen LogP contribution in [0.4, 0.5) is 5.69 Å². The number of para-hydroxylation sites is 1. The highest BCUT2D eigenvalue weighted by atomic mass is 32.2. The lowest BCUT2D eigenvalue weighted by Crippen LogP contribution is -2.42. The van der Waals surface area contributed by atoms with Crippen LogP contribution in [0.1, 0.15) is 32.6 Å². The lowest BCUT2D eigenvalue weighted by Gasteiger charge is -2.26. The molecule has 1 atom stereocenters. The standard InChI is InChI=1S/C16H24N2OS/c1-13(18-11-7-3-4-8-12-18)16(19)17-14-9-5-6-10-15(14)20-2/h5-6,9-10,13H,3-4,7-8,11-12H2,1-2H3,(H,17,19)/t13-/m1/s1. The smallest absolute Gasteiger partial charge is 0.241 e. The molecule has 1 aromatic rings. The number of nitrogens with zero attached hydrogens (tertiary/aromatic N) is 1. The van der Waals surface area contributed by atoms with E-state index in [1.54, 1.807) is 11.8 Å². The number of amides is 1. The third-order valence-electron chi connectivity index (χ3n) is 3.93. The van der Waals surface area contributed by atoms with E-state index in [2.05, 4.69) is 10.2 Å². The van der Waals surface area contributed by atoms with E-state index in [0.717, 1.165) is 23.7 Å². The van der Waals surface area contributed by atoms with Crippen molar-refractivity contribution < 1.29 is 4.79 Å². The molecule has 20 heavy (non-hydrogen) atoms. The normalized spacial score (nSPS) is 18.3. The Bertz CT molecular complexity index is 442. The van der Waals surface area contributed by atoms with Crippen molar-refractivity contribution in [3.05, 3.63) is 24.3 Å². The minimum atomic E-state index is -0.0528. The van der Waals surface area contributed by atoms with Gasteiger partial charge in [-0.25, -0.2) is 0 Å². The van der Waals surface area contributed by atoms with Crippen LogP contribution in [0, 0.1) is 0 Å². The maximum absolute atomic E-state index is 12.4. The zero-order valence-electron chi connectivity index (χ0n) is 12.4. The first kappa shape index (κ1) is 15.4. The maximum Gasteiger partial charge on any atom is 0.241 e. The molecule has 0 spiro atoms. The summed E-state index contributed by atoms with van der Waals surface area (Å²) in [4.78, 5) is 15.9. The zero-order valence-corrected chi connectivity index (χ0v) is 13.2. The highest BCUT2D eigenvalue weighted by Crippen LogP contribution is 2.25. The Balaban J connectivity index is 1.99.